The predicted molar refractivity (Wildman–Crippen MR) is 74.3 cm³/mol. The lowest BCUT2D eigenvalue weighted by Crippen LogP contribution is -2.43. The van der Waals surface area contributed by atoms with Crippen LogP contribution in [0, 0.1) is 5.92 Å². The molecule has 2 atom stereocenters. The summed E-state index contributed by atoms with van der Waals surface area (Å²) in [6.07, 6.45) is 8.46. The summed E-state index contributed by atoms with van der Waals surface area (Å²) in [5, 5.41) is 3.89. The molecule has 1 aliphatic heterocycles. The maximum Gasteiger partial charge on any atom is 0.00823 e. The van der Waals surface area contributed by atoms with E-state index in [9.17, 15) is 0 Å². The van der Waals surface area contributed by atoms with Crippen molar-refractivity contribution in [2.24, 2.45) is 5.92 Å². The normalized spacial score (nSPS) is 30.0. The van der Waals surface area contributed by atoms with Gasteiger partial charge in [0.25, 0.3) is 0 Å². The highest BCUT2D eigenvalue weighted by Crippen LogP contribution is 2.30. The Labute approximate surface area is 107 Å². The molecule has 17 heavy (non-hydrogen) atoms. The van der Waals surface area contributed by atoms with Gasteiger partial charge in [-0.1, -0.05) is 6.42 Å². The Balaban J connectivity index is 1.74. The summed E-state index contributed by atoms with van der Waals surface area (Å²) in [7, 11) is 0. The molecule has 2 unspecified atom stereocenters. The van der Waals surface area contributed by atoms with Crippen molar-refractivity contribution in [1.29, 1.82) is 0 Å². The minimum Gasteiger partial charge on any atom is -0.311 e. The first-order valence-electron chi connectivity index (χ1n) is 7.67. The van der Waals surface area contributed by atoms with E-state index in [-0.39, 0.29) is 0 Å². The first-order chi connectivity index (χ1) is 8.16. The fourth-order valence-electron chi connectivity index (χ4n) is 3.25. The van der Waals surface area contributed by atoms with Crippen molar-refractivity contribution in [2.75, 3.05) is 13.1 Å². The summed E-state index contributed by atoms with van der Waals surface area (Å²) < 4.78 is 0. The maximum absolute atomic E-state index is 3.89. The molecular formula is C15H30N2. The van der Waals surface area contributed by atoms with E-state index in [0.717, 1.165) is 24.0 Å². The van der Waals surface area contributed by atoms with Crippen LogP contribution in [0.5, 0.6) is 0 Å². The first kappa shape index (κ1) is 13.4. The Hall–Kier alpha value is -0.0800. The van der Waals surface area contributed by atoms with Crippen LogP contribution in [0.15, 0.2) is 0 Å². The number of hydrogen-bond donors (Lipinski definition) is 1. The molecule has 2 nitrogen and oxygen atoms in total. The first-order valence-corrected chi connectivity index (χ1v) is 7.67. The van der Waals surface area contributed by atoms with Crippen molar-refractivity contribution >= 4 is 0 Å². The molecule has 1 saturated heterocycles. The molecule has 2 aliphatic rings. The summed E-state index contributed by atoms with van der Waals surface area (Å²) in [6.45, 7) is 9.63. The lowest BCUT2D eigenvalue weighted by molar-refractivity contribution is 0.212. The highest BCUT2D eigenvalue weighted by atomic mass is 15.1. The van der Waals surface area contributed by atoms with E-state index >= 15 is 0 Å². The average molecular weight is 238 g/mol. The fraction of sp³-hybridized carbons (Fsp3) is 1.00. The van der Waals surface area contributed by atoms with Gasteiger partial charge in [-0.2, -0.15) is 0 Å². The molecule has 1 heterocycles. The molecule has 0 aromatic carbocycles. The molecule has 1 N–H and O–H groups in total. The molecule has 2 heteroatoms. The van der Waals surface area contributed by atoms with Crippen LogP contribution < -0.4 is 5.32 Å². The number of hydrogen-bond acceptors (Lipinski definition) is 2. The van der Waals surface area contributed by atoms with Crippen LogP contribution >= 0.6 is 0 Å². The van der Waals surface area contributed by atoms with Crippen LogP contribution in [-0.4, -0.2) is 36.1 Å². The highest BCUT2D eigenvalue weighted by Gasteiger charge is 2.26. The van der Waals surface area contributed by atoms with Crippen LogP contribution in [-0.2, 0) is 0 Å². The standard InChI is InChI=1S/C15H30N2/c1-12(2)17-10-5-8-15(9-11-17)16-13(3)14-6-4-7-14/h12-16H,4-11H2,1-3H3. The quantitative estimate of drug-likeness (QED) is 0.810. The third-order valence-corrected chi connectivity index (χ3v) is 4.85. The fourth-order valence-corrected chi connectivity index (χ4v) is 3.25. The van der Waals surface area contributed by atoms with Gasteiger partial charge in [0.1, 0.15) is 0 Å². The van der Waals surface area contributed by atoms with E-state index in [2.05, 4.69) is 31.0 Å². The third-order valence-electron chi connectivity index (χ3n) is 4.85. The second kappa shape index (κ2) is 6.19. The zero-order chi connectivity index (χ0) is 12.3. The zero-order valence-electron chi connectivity index (χ0n) is 11.9. The molecule has 2 rings (SSSR count). The van der Waals surface area contributed by atoms with E-state index in [1.165, 1.54) is 51.6 Å². The van der Waals surface area contributed by atoms with Crippen molar-refractivity contribution < 1.29 is 0 Å². The summed E-state index contributed by atoms with van der Waals surface area (Å²) in [6, 6.07) is 2.24. The summed E-state index contributed by atoms with van der Waals surface area (Å²) in [5.41, 5.74) is 0. The minimum atomic E-state index is 0.720. The number of nitrogens with zero attached hydrogens (tertiary/aromatic N) is 1. The molecule has 0 aromatic heterocycles. The van der Waals surface area contributed by atoms with Crippen molar-refractivity contribution in [2.45, 2.75) is 77.4 Å². The molecule has 0 aromatic rings. The molecule has 1 aliphatic carbocycles. The Bertz CT molecular complexity index is 223. The molecule has 0 spiro atoms. The molecular weight excluding hydrogens is 208 g/mol. The van der Waals surface area contributed by atoms with E-state index in [0.29, 0.717) is 0 Å². The van der Waals surface area contributed by atoms with Gasteiger partial charge in [0, 0.05) is 18.1 Å². The lowest BCUT2D eigenvalue weighted by atomic mass is 9.80. The molecule has 0 bridgehead atoms. The largest absolute Gasteiger partial charge is 0.311 e. The van der Waals surface area contributed by atoms with Gasteiger partial charge in [-0.15, -0.1) is 0 Å². The molecule has 100 valence electrons. The molecule has 0 amide bonds. The lowest BCUT2D eigenvalue weighted by Gasteiger charge is -2.34. The smallest absolute Gasteiger partial charge is 0.00823 e. The van der Waals surface area contributed by atoms with E-state index in [4.69, 9.17) is 0 Å². The predicted octanol–water partition coefficient (Wildman–Crippen LogP) is 3.03. The van der Waals surface area contributed by atoms with Crippen molar-refractivity contribution in [3.05, 3.63) is 0 Å². The van der Waals surface area contributed by atoms with Gasteiger partial charge in [0.15, 0.2) is 0 Å². The van der Waals surface area contributed by atoms with Crippen LogP contribution in [0.3, 0.4) is 0 Å². The minimum absolute atomic E-state index is 0.720. The Morgan fingerprint density at radius 2 is 1.71 bits per heavy atom. The summed E-state index contributed by atoms with van der Waals surface area (Å²) >= 11 is 0. The van der Waals surface area contributed by atoms with Gasteiger partial charge in [-0.3, -0.25) is 0 Å². The van der Waals surface area contributed by atoms with Crippen LogP contribution in [0.4, 0.5) is 0 Å². The van der Waals surface area contributed by atoms with Gasteiger partial charge >= 0.3 is 0 Å². The Morgan fingerprint density at radius 3 is 2.29 bits per heavy atom. The van der Waals surface area contributed by atoms with E-state index in [1.54, 1.807) is 0 Å². The summed E-state index contributed by atoms with van der Waals surface area (Å²) in [5.74, 6) is 0.972. The molecule has 1 saturated carbocycles. The van der Waals surface area contributed by atoms with Gasteiger partial charge in [0.2, 0.25) is 0 Å². The topological polar surface area (TPSA) is 15.3 Å². The zero-order valence-corrected chi connectivity index (χ0v) is 11.9. The van der Waals surface area contributed by atoms with E-state index in [1.807, 2.05) is 0 Å². The Kier molecular flexibility index (Phi) is 4.87. The monoisotopic (exact) mass is 238 g/mol. The second-order valence-electron chi connectivity index (χ2n) is 6.40. The Morgan fingerprint density at radius 1 is 0.941 bits per heavy atom. The maximum atomic E-state index is 3.89. The van der Waals surface area contributed by atoms with Gasteiger partial charge in [-0.05, 0) is 71.9 Å². The van der Waals surface area contributed by atoms with Gasteiger partial charge in [-0.25, -0.2) is 0 Å². The van der Waals surface area contributed by atoms with Crippen molar-refractivity contribution in [3.63, 3.8) is 0 Å². The highest BCUT2D eigenvalue weighted by molar-refractivity contribution is 4.84. The number of rotatable bonds is 4. The van der Waals surface area contributed by atoms with Gasteiger partial charge < -0.3 is 10.2 Å². The molecule has 0 radical (unpaired) electrons. The van der Waals surface area contributed by atoms with Gasteiger partial charge in [0.05, 0.1) is 0 Å². The number of likely N-dealkylation sites (tertiary alicyclic amines) is 1. The van der Waals surface area contributed by atoms with Crippen LogP contribution in [0.25, 0.3) is 0 Å². The van der Waals surface area contributed by atoms with Crippen LogP contribution in [0.1, 0.15) is 59.3 Å². The third kappa shape index (κ3) is 3.69. The van der Waals surface area contributed by atoms with Crippen LogP contribution in [0.2, 0.25) is 0 Å². The van der Waals surface area contributed by atoms with E-state index < -0.39 is 0 Å². The van der Waals surface area contributed by atoms with Crippen molar-refractivity contribution in [3.8, 4) is 0 Å². The molecule has 2 fully saturated rings. The van der Waals surface area contributed by atoms with Crippen molar-refractivity contribution in [1.82, 2.24) is 10.2 Å². The number of nitrogens with one attached hydrogen (secondary N) is 1. The second-order valence-corrected chi connectivity index (χ2v) is 6.40. The SMILES string of the molecule is CC(NC1CCCN(C(C)C)CC1)C1CCC1. The average Bonchev–Trinajstić information content (AvgIpc) is 2.40. The summed E-state index contributed by atoms with van der Waals surface area (Å²) in [4.78, 5) is 2.63.